The molecule has 0 fully saturated rings. The molecule has 0 radical (unpaired) electrons. The molecule has 0 aliphatic carbocycles. The number of carboxylic acid groups (broad SMARTS) is 1. The number of benzene rings is 3. The highest BCUT2D eigenvalue weighted by molar-refractivity contribution is 5.74. The molecule has 0 aromatic heterocycles. The van der Waals surface area contributed by atoms with Crippen LogP contribution in [0.4, 0.5) is 9.18 Å². The van der Waals surface area contributed by atoms with E-state index in [0.717, 1.165) is 30.4 Å². The molecule has 8 nitrogen and oxygen atoms in total. The molecule has 0 aliphatic heterocycles. The van der Waals surface area contributed by atoms with Crippen LogP contribution >= 0.6 is 0 Å². The van der Waals surface area contributed by atoms with Gasteiger partial charge in [0.25, 0.3) is 0 Å². The minimum atomic E-state index is -0.990. The fourth-order valence-corrected chi connectivity index (χ4v) is 4.14. The highest BCUT2D eigenvalue weighted by Gasteiger charge is 2.18. The number of unbranched alkanes of at least 4 members (excludes halogenated alkanes) is 1. The van der Waals surface area contributed by atoms with Crippen LogP contribution in [0, 0.1) is 5.82 Å². The van der Waals surface area contributed by atoms with E-state index in [0.29, 0.717) is 51.0 Å². The molecule has 3 aromatic rings. The summed E-state index contributed by atoms with van der Waals surface area (Å²) in [5, 5.41) is 12.3. The molecular formula is C32H39FN2O6. The van der Waals surface area contributed by atoms with E-state index in [1.54, 1.807) is 36.1 Å². The number of hydrogen-bond acceptors (Lipinski definition) is 5. The summed E-state index contributed by atoms with van der Waals surface area (Å²) in [6.45, 7) is 4.30. The molecule has 0 spiro atoms. The number of carboxylic acids is 1. The van der Waals surface area contributed by atoms with E-state index < -0.39 is 12.1 Å². The third kappa shape index (κ3) is 11.9. The SMILES string of the molecule is CCOC(Cc1ccc(OCCN(CCCCOc2ccc(F)cc2)C(=O)NCCc2ccccc2)cc1)C(=O)O. The van der Waals surface area contributed by atoms with Gasteiger partial charge in [-0.05, 0) is 73.7 Å². The number of carbonyl (C=O) groups excluding carboxylic acids is 1. The van der Waals surface area contributed by atoms with Crippen molar-refractivity contribution in [1.29, 1.82) is 0 Å². The first-order chi connectivity index (χ1) is 19.9. The van der Waals surface area contributed by atoms with Crippen LogP contribution in [0.3, 0.4) is 0 Å². The fraction of sp³-hybridized carbons (Fsp3) is 0.375. The van der Waals surface area contributed by atoms with Crippen molar-refractivity contribution >= 4 is 12.0 Å². The highest BCUT2D eigenvalue weighted by atomic mass is 19.1. The maximum Gasteiger partial charge on any atom is 0.333 e. The number of rotatable bonds is 18. The van der Waals surface area contributed by atoms with Gasteiger partial charge in [-0.15, -0.1) is 0 Å². The molecule has 220 valence electrons. The Morgan fingerprint density at radius 3 is 2.17 bits per heavy atom. The summed E-state index contributed by atoms with van der Waals surface area (Å²) in [4.78, 5) is 26.1. The van der Waals surface area contributed by atoms with E-state index in [1.165, 1.54) is 12.1 Å². The van der Waals surface area contributed by atoms with Gasteiger partial charge in [0.05, 0.1) is 13.2 Å². The van der Waals surface area contributed by atoms with Crippen LogP contribution in [0.25, 0.3) is 0 Å². The number of hydrogen-bond donors (Lipinski definition) is 2. The lowest BCUT2D eigenvalue weighted by atomic mass is 10.1. The third-order valence-corrected chi connectivity index (χ3v) is 6.34. The monoisotopic (exact) mass is 566 g/mol. The quantitative estimate of drug-likeness (QED) is 0.202. The summed E-state index contributed by atoms with van der Waals surface area (Å²) in [5.74, 6) is -0.0546. The molecule has 3 rings (SSSR count). The number of amides is 2. The molecular weight excluding hydrogens is 527 g/mol. The van der Waals surface area contributed by atoms with Gasteiger partial charge in [-0.25, -0.2) is 14.0 Å². The topological polar surface area (TPSA) is 97.3 Å². The van der Waals surface area contributed by atoms with Gasteiger partial charge < -0.3 is 29.5 Å². The summed E-state index contributed by atoms with van der Waals surface area (Å²) in [6, 6.07) is 22.9. The molecule has 0 bridgehead atoms. The standard InChI is InChI=1S/C32H39FN2O6/c1-2-39-30(31(36)37)24-26-10-14-28(15-11-26)41-23-21-35(32(38)34-19-18-25-8-4-3-5-9-25)20-6-7-22-40-29-16-12-27(33)13-17-29/h3-5,8-17,30H,2,6-7,18-24H2,1H3,(H,34,38)(H,36,37). The van der Waals surface area contributed by atoms with E-state index >= 15 is 0 Å². The molecule has 3 aromatic carbocycles. The number of halogens is 1. The van der Waals surface area contributed by atoms with Crippen LogP contribution < -0.4 is 14.8 Å². The van der Waals surface area contributed by atoms with Gasteiger partial charge >= 0.3 is 12.0 Å². The fourth-order valence-electron chi connectivity index (χ4n) is 4.14. The molecule has 0 heterocycles. The van der Waals surface area contributed by atoms with Gasteiger partial charge in [0.15, 0.2) is 6.10 Å². The Kier molecular flexibility index (Phi) is 13.5. The lowest BCUT2D eigenvalue weighted by Crippen LogP contribution is -2.43. The molecule has 2 amide bonds. The van der Waals surface area contributed by atoms with Gasteiger partial charge in [0.1, 0.15) is 23.9 Å². The van der Waals surface area contributed by atoms with E-state index in [9.17, 15) is 19.1 Å². The second-order valence-corrected chi connectivity index (χ2v) is 9.44. The number of ether oxygens (including phenoxy) is 3. The Morgan fingerprint density at radius 1 is 0.854 bits per heavy atom. The Labute approximate surface area is 241 Å². The second kappa shape index (κ2) is 17.6. The summed E-state index contributed by atoms with van der Waals surface area (Å²) in [7, 11) is 0. The Morgan fingerprint density at radius 2 is 1.51 bits per heavy atom. The highest BCUT2D eigenvalue weighted by Crippen LogP contribution is 2.15. The first kappa shape index (κ1) is 31.4. The van der Waals surface area contributed by atoms with E-state index in [-0.39, 0.29) is 18.3 Å². The summed E-state index contributed by atoms with van der Waals surface area (Å²) in [5.41, 5.74) is 1.99. The predicted octanol–water partition coefficient (Wildman–Crippen LogP) is 5.35. The summed E-state index contributed by atoms with van der Waals surface area (Å²) >= 11 is 0. The minimum Gasteiger partial charge on any atom is -0.494 e. The van der Waals surface area contributed by atoms with Gasteiger partial charge in [-0.2, -0.15) is 0 Å². The summed E-state index contributed by atoms with van der Waals surface area (Å²) in [6.07, 6.45) is 1.58. The first-order valence-corrected chi connectivity index (χ1v) is 14.0. The van der Waals surface area contributed by atoms with E-state index in [1.807, 2.05) is 42.5 Å². The number of nitrogens with zero attached hydrogens (tertiary/aromatic N) is 1. The molecule has 0 aliphatic rings. The van der Waals surface area contributed by atoms with Crippen LogP contribution in [0.1, 0.15) is 30.9 Å². The average molecular weight is 567 g/mol. The van der Waals surface area contributed by atoms with Gasteiger partial charge in [-0.1, -0.05) is 42.5 Å². The van der Waals surface area contributed by atoms with Crippen LogP contribution in [0.15, 0.2) is 78.9 Å². The predicted molar refractivity (Wildman–Crippen MR) is 155 cm³/mol. The zero-order valence-corrected chi connectivity index (χ0v) is 23.5. The van der Waals surface area contributed by atoms with Gasteiger partial charge in [0.2, 0.25) is 0 Å². The largest absolute Gasteiger partial charge is 0.494 e. The second-order valence-electron chi connectivity index (χ2n) is 9.44. The lowest BCUT2D eigenvalue weighted by molar-refractivity contribution is -0.149. The van der Waals surface area contributed by atoms with Crippen molar-refractivity contribution in [3.63, 3.8) is 0 Å². The van der Waals surface area contributed by atoms with Crippen molar-refractivity contribution in [1.82, 2.24) is 10.2 Å². The van der Waals surface area contributed by atoms with Gasteiger partial charge in [-0.3, -0.25) is 0 Å². The van der Waals surface area contributed by atoms with Crippen molar-refractivity contribution in [3.05, 3.63) is 95.8 Å². The smallest absolute Gasteiger partial charge is 0.333 e. The number of nitrogens with one attached hydrogen (secondary N) is 1. The average Bonchev–Trinajstić information content (AvgIpc) is 2.98. The summed E-state index contributed by atoms with van der Waals surface area (Å²) < 4.78 is 29.9. The Balaban J connectivity index is 1.47. The molecule has 0 saturated carbocycles. The van der Waals surface area contributed by atoms with Crippen molar-refractivity contribution in [2.24, 2.45) is 0 Å². The van der Waals surface area contributed by atoms with Crippen LogP contribution in [-0.4, -0.2) is 67.6 Å². The molecule has 2 N–H and O–H groups in total. The van der Waals surface area contributed by atoms with Gasteiger partial charge in [0, 0.05) is 26.1 Å². The number of urea groups is 1. The maximum absolute atomic E-state index is 13.1. The Hall–Kier alpha value is -4.11. The zero-order chi connectivity index (χ0) is 29.3. The molecule has 1 atom stereocenters. The van der Waals surface area contributed by atoms with Crippen LogP contribution in [0.2, 0.25) is 0 Å². The van der Waals surface area contributed by atoms with Crippen LogP contribution in [0.5, 0.6) is 11.5 Å². The number of carbonyl (C=O) groups is 2. The molecule has 9 heteroatoms. The van der Waals surface area contributed by atoms with Crippen molar-refractivity contribution in [2.45, 2.75) is 38.7 Å². The molecule has 1 unspecified atom stereocenters. The van der Waals surface area contributed by atoms with Crippen molar-refractivity contribution in [2.75, 3.05) is 39.5 Å². The molecule has 41 heavy (non-hydrogen) atoms. The Bertz CT molecular complexity index is 1180. The maximum atomic E-state index is 13.1. The van der Waals surface area contributed by atoms with Crippen molar-refractivity contribution in [3.8, 4) is 11.5 Å². The van der Waals surface area contributed by atoms with Crippen molar-refractivity contribution < 1.29 is 33.3 Å². The first-order valence-electron chi connectivity index (χ1n) is 14.0. The van der Waals surface area contributed by atoms with E-state index in [2.05, 4.69) is 5.32 Å². The number of aliphatic carboxylic acids is 1. The lowest BCUT2D eigenvalue weighted by Gasteiger charge is -2.23. The van der Waals surface area contributed by atoms with E-state index in [4.69, 9.17) is 14.2 Å². The molecule has 0 saturated heterocycles. The minimum absolute atomic E-state index is 0.157. The van der Waals surface area contributed by atoms with Crippen LogP contribution in [-0.2, 0) is 22.4 Å². The normalized spacial score (nSPS) is 11.5. The third-order valence-electron chi connectivity index (χ3n) is 6.34. The zero-order valence-electron chi connectivity index (χ0n) is 23.5.